The van der Waals surface area contributed by atoms with E-state index < -0.39 is 6.10 Å². The Kier molecular flexibility index (Phi) is 7.85. The molecule has 0 aliphatic carbocycles. The van der Waals surface area contributed by atoms with Crippen molar-refractivity contribution in [1.29, 1.82) is 0 Å². The first-order valence-corrected chi connectivity index (χ1v) is 10.7. The third-order valence-electron chi connectivity index (χ3n) is 5.07. The highest BCUT2D eigenvalue weighted by Crippen LogP contribution is 2.26. The molecule has 0 heterocycles. The highest BCUT2D eigenvalue weighted by Gasteiger charge is 2.17. The van der Waals surface area contributed by atoms with Gasteiger partial charge in [-0.2, -0.15) is 0 Å². The second-order valence-corrected chi connectivity index (χ2v) is 8.25. The molecule has 5 heteroatoms. The van der Waals surface area contributed by atoms with Crippen LogP contribution in [0.1, 0.15) is 35.3 Å². The summed E-state index contributed by atoms with van der Waals surface area (Å²) in [6, 6.07) is 22.5. The maximum atomic E-state index is 13.2. The first kappa shape index (κ1) is 23.0. The molecule has 1 atom stereocenters. The lowest BCUT2D eigenvalue weighted by molar-refractivity contribution is 0.00616. The van der Waals surface area contributed by atoms with Gasteiger partial charge < -0.3 is 14.7 Å². The third-order valence-corrected chi connectivity index (χ3v) is 5.32. The molecule has 0 amide bonds. The van der Waals surface area contributed by atoms with E-state index in [2.05, 4.69) is 0 Å². The number of nitrogens with zero attached hydrogens (tertiary/aromatic N) is 1. The fourth-order valence-electron chi connectivity index (χ4n) is 3.34. The number of hydrogen-bond acceptors (Lipinski definition) is 4. The van der Waals surface area contributed by atoms with Crippen LogP contribution in [0.25, 0.3) is 0 Å². The summed E-state index contributed by atoms with van der Waals surface area (Å²) in [6.07, 6.45) is -0.241. The van der Waals surface area contributed by atoms with Crippen molar-refractivity contribution in [3.05, 3.63) is 94.5 Å². The number of ketones is 1. The monoisotopic (exact) mass is 437 g/mol. The standard InChI is InChI=1S/C26H28ClNO3/c1-18(2)31-17-24(29)16-20-6-4-5-7-25(20)26(30)19-8-12-22(13-9-19)28(3)23-14-10-21(27)11-15-23/h4-15,18,24,29H,16-17H2,1-3H3. The molecule has 3 aromatic rings. The van der Waals surface area contributed by atoms with Gasteiger partial charge in [0.1, 0.15) is 0 Å². The summed E-state index contributed by atoms with van der Waals surface area (Å²) < 4.78 is 5.49. The van der Waals surface area contributed by atoms with Crippen molar-refractivity contribution in [1.82, 2.24) is 0 Å². The molecule has 31 heavy (non-hydrogen) atoms. The molecule has 0 saturated heterocycles. The second-order valence-electron chi connectivity index (χ2n) is 7.81. The van der Waals surface area contributed by atoms with Gasteiger partial charge in [-0.05, 0) is 67.9 Å². The van der Waals surface area contributed by atoms with Crippen molar-refractivity contribution in [3.63, 3.8) is 0 Å². The van der Waals surface area contributed by atoms with Crippen LogP contribution in [-0.4, -0.2) is 36.8 Å². The fraction of sp³-hybridized carbons (Fsp3) is 0.269. The van der Waals surface area contributed by atoms with Crippen LogP contribution < -0.4 is 4.90 Å². The molecular formula is C26H28ClNO3. The molecule has 1 unspecified atom stereocenters. The Labute approximate surface area is 189 Å². The normalized spacial score (nSPS) is 12.1. The number of ether oxygens (including phenoxy) is 1. The molecule has 0 fully saturated rings. The predicted octanol–water partition coefficient (Wildman–Crippen LogP) is 5.67. The van der Waals surface area contributed by atoms with Crippen LogP contribution in [-0.2, 0) is 11.2 Å². The van der Waals surface area contributed by atoms with Crippen LogP contribution in [0.5, 0.6) is 0 Å². The predicted molar refractivity (Wildman–Crippen MR) is 127 cm³/mol. The van der Waals surface area contributed by atoms with E-state index in [1.165, 1.54) is 0 Å². The van der Waals surface area contributed by atoms with Crippen LogP contribution >= 0.6 is 11.6 Å². The molecule has 3 rings (SSSR count). The van der Waals surface area contributed by atoms with Gasteiger partial charge in [0, 0.05) is 41.0 Å². The van der Waals surface area contributed by atoms with Crippen LogP contribution in [0.2, 0.25) is 5.02 Å². The molecule has 0 spiro atoms. The topological polar surface area (TPSA) is 49.8 Å². The lowest BCUT2D eigenvalue weighted by Gasteiger charge is -2.20. The third kappa shape index (κ3) is 6.17. The zero-order valence-corrected chi connectivity index (χ0v) is 18.8. The summed E-state index contributed by atoms with van der Waals surface area (Å²) >= 11 is 5.97. The number of aliphatic hydroxyl groups excluding tert-OH is 1. The van der Waals surface area contributed by atoms with Gasteiger partial charge in [-0.3, -0.25) is 4.79 Å². The van der Waals surface area contributed by atoms with Crippen molar-refractivity contribution < 1.29 is 14.6 Å². The van der Waals surface area contributed by atoms with Gasteiger partial charge in [0.15, 0.2) is 5.78 Å². The lowest BCUT2D eigenvalue weighted by atomic mass is 9.95. The van der Waals surface area contributed by atoms with E-state index in [1.807, 2.05) is 92.5 Å². The molecule has 0 aliphatic rings. The Hall–Kier alpha value is -2.66. The average molecular weight is 438 g/mol. The van der Waals surface area contributed by atoms with Crippen molar-refractivity contribution in [2.45, 2.75) is 32.5 Å². The van der Waals surface area contributed by atoms with Gasteiger partial charge in [0.05, 0.1) is 18.8 Å². The quantitative estimate of drug-likeness (QED) is 0.438. The summed E-state index contributed by atoms with van der Waals surface area (Å²) in [5.41, 5.74) is 3.99. The molecule has 0 aromatic heterocycles. The minimum absolute atomic E-state index is 0.0519. The molecule has 0 saturated carbocycles. The highest BCUT2D eigenvalue weighted by atomic mass is 35.5. The number of carbonyl (C=O) groups is 1. The van der Waals surface area contributed by atoms with Crippen LogP contribution in [0.15, 0.2) is 72.8 Å². The van der Waals surface area contributed by atoms with Gasteiger partial charge in [-0.15, -0.1) is 0 Å². The molecule has 162 valence electrons. The molecule has 0 bridgehead atoms. The number of anilines is 2. The minimum atomic E-state index is -0.660. The Bertz CT molecular complexity index is 1000. The number of carbonyl (C=O) groups excluding carboxylic acids is 1. The maximum Gasteiger partial charge on any atom is 0.193 e. The number of benzene rings is 3. The summed E-state index contributed by atoms with van der Waals surface area (Å²) in [7, 11) is 1.97. The molecule has 4 nitrogen and oxygen atoms in total. The first-order chi connectivity index (χ1) is 14.8. The smallest absolute Gasteiger partial charge is 0.193 e. The first-order valence-electron chi connectivity index (χ1n) is 10.4. The van der Waals surface area contributed by atoms with E-state index in [-0.39, 0.29) is 18.5 Å². The van der Waals surface area contributed by atoms with Crippen molar-refractivity contribution in [2.75, 3.05) is 18.6 Å². The van der Waals surface area contributed by atoms with Gasteiger partial charge >= 0.3 is 0 Å². The van der Waals surface area contributed by atoms with Gasteiger partial charge in [0.25, 0.3) is 0 Å². The Balaban J connectivity index is 1.75. The summed E-state index contributed by atoms with van der Waals surface area (Å²) in [5.74, 6) is -0.0618. The molecule has 3 aromatic carbocycles. The number of aliphatic hydroxyl groups is 1. The van der Waals surface area contributed by atoms with Crippen LogP contribution in [0.4, 0.5) is 11.4 Å². The number of halogens is 1. The van der Waals surface area contributed by atoms with E-state index in [1.54, 1.807) is 6.07 Å². The highest BCUT2D eigenvalue weighted by molar-refractivity contribution is 6.30. The summed E-state index contributed by atoms with van der Waals surface area (Å²) in [5, 5.41) is 11.0. The fourth-order valence-corrected chi connectivity index (χ4v) is 3.47. The molecule has 0 aliphatic heterocycles. The lowest BCUT2D eigenvalue weighted by Crippen LogP contribution is -2.22. The molecular weight excluding hydrogens is 410 g/mol. The zero-order chi connectivity index (χ0) is 22.4. The van der Waals surface area contributed by atoms with E-state index in [9.17, 15) is 9.90 Å². The van der Waals surface area contributed by atoms with Crippen molar-refractivity contribution in [2.24, 2.45) is 0 Å². The maximum absolute atomic E-state index is 13.2. The largest absolute Gasteiger partial charge is 0.390 e. The second kappa shape index (κ2) is 10.6. The van der Waals surface area contributed by atoms with Crippen molar-refractivity contribution >= 4 is 28.8 Å². The Morgan fingerprint density at radius 1 is 0.968 bits per heavy atom. The van der Waals surface area contributed by atoms with Gasteiger partial charge in [0.2, 0.25) is 0 Å². The summed E-state index contributed by atoms with van der Waals surface area (Å²) in [6.45, 7) is 4.10. The van der Waals surface area contributed by atoms with Gasteiger partial charge in [-0.1, -0.05) is 35.9 Å². The van der Waals surface area contributed by atoms with Crippen LogP contribution in [0.3, 0.4) is 0 Å². The molecule has 0 radical (unpaired) electrons. The average Bonchev–Trinajstić information content (AvgIpc) is 2.78. The number of rotatable bonds is 9. The Morgan fingerprint density at radius 2 is 1.55 bits per heavy atom. The SMILES string of the molecule is CC(C)OCC(O)Cc1ccccc1C(=O)c1ccc(N(C)c2ccc(Cl)cc2)cc1. The Morgan fingerprint density at radius 3 is 2.16 bits per heavy atom. The minimum Gasteiger partial charge on any atom is -0.390 e. The van der Waals surface area contributed by atoms with E-state index in [4.69, 9.17) is 16.3 Å². The zero-order valence-electron chi connectivity index (χ0n) is 18.1. The van der Waals surface area contributed by atoms with Crippen molar-refractivity contribution in [3.8, 4) is 0 Å². The van der Waals surface area contributed by atoms with Crippen LogP contribution in [0, 0.1) is 0 Å². The van der Waals surface area contributed by atoms with E-state index in [0.29, 0.717) is 22.6 Å². The number of hydrogen-bond donors (Lipinski definition) is 1. The summed E-state index contributed by atoms with van der Waals surface area (Å²) in [4.78, 5) is 15.2. The van der Waals surface area contributed by atoms with E-state index >= 15 is 0 Å². The van der Waals surface area contributed by atoms with E-state index in [0.717, 1.165) is 16.9 Å². The molecule has 1 N–H and O–H groups in total. The van der Waals surface area contributed by atoms with Gasteiger partial charge in [-0.25, -0.2) is 0 Å².